The molecule has 0 fully saturated rings. The van der Waals surface area contributed by atoms with Crippen LogP contribution in [0.3, 0.4) is 0 Å². The number of hydrogen-bond donors (Lipinski definition) is 0. The summed E-state index contributed by atoms with van der Waals surface area (Å²) in [5, 5.41) is 15.3. The number of hydrogen-bond acceptors (Lipinski definition) is 3. The molecule has 0 aliphatic carbocycles. The molecule has 0 bridgehead atoms. The zero-order valence-electron chi connectivity index (χ0n) is 30.6. The van der Waals surface area contributed by atoms with Gasteiger partial charge in [-0.25, -0.2) is 15.0 Å². The first-order chi connectivity index (χ1) is 28.3. The highest BCUT2D eigenvalue weighted by Crippen LogP contribution is 2.50. The van der Waals surface area contributed by atoms with Crippen LogP contribution in [0.5, 0.6) is 0 Å². The van der Waals surface area contributed by atoms with Crippen LogP contribution < -0.4 is 0 Å². The molecule has 3 heterocycles. The summed E-state index contributed by atoms with van der Waals surface area (Å²) in [6.07, 6.45) is 0. The van der Waals surface area contributed by atoms with Crippen molar-refractivity contribution in [2.75, 3.05) is 0 Å². The van der Waals surface area contributed by atoms with Gasteiger partial charge in [0.2, 0.25) is 0 Å². The van der Waals surface area contributed by atoms with Crippen molar-refractivity contribution < 1.29 is 0 Å². The fraction of sp³-hybridized carbons (Fsp3) is 0. The molecule has 0 saturated heterocycles. The molecule has 4 heteroatoms. The quantitative estimate of drug-likeness (QED) is 0.170. The van der Waals surface area contributed by atoms with E-state index in [1.165, 1.54) is 81.5 Å². The Hall–Kier alpha value is -7.69. The molecule has 0 spiro atoms. The van der Waals surface area contributed by atoms with Gasteiger partial charge < -0.3 is 4.40 Å². The largest absolute Gasteiger partial charge is 0.308 e. The van der Waals surface area contributed by atoms with Crippen LogP contribution in [0.2, 0.25) is 0 Å². The maximum atomic E-state index is 5.12. The van der Waals surface area contributed by atoms with Crippen molar-refractivity contribution in [2.24, 2.45) is 0 Å². The Balaban J connectivity index is 1.11. The summed E-state index contributed by atoms with van der Waals surface area (Å²) in [5.74, 6) is 1.96. The summed E-state index contributed by atoms with van der Waals surface area (Å²) < 4.78 is 2.53. The summed E-state index contributed by atoms with van der Waals surface area (Å²) in [6, 6.07) is 65.3. The lowest BCUT2D eigenvalue weighted by Gasteiger charge is -2.16. The van der Waals surface area contributed by atoms with Crippen molar-refractivity contribution in [1.82, 2.24) is 19.4 Å². The Bertz CT molecular complexity index is 3680. The minimum absolute atomic E-state index is 0.652. The maximum Gasteiger partial charge on any atom is 0.164 e. The van der Waals surface area contributed by atoms with Crippen molar-refractivity contribution in [3.63, 3.8) is 0 Å². The lowest BCUT2D eigenvalue weighted by Crippen LogP contribution is -2.00. The zero-order valence-corrected chi connectivity index (χ0v) is 30.6. The summed E-state index contributed by atoms with van der Waals surface area (Å²) in [5.41, 5.74) is 9.07. The third-order valence-electron chi connectivity index (χ3n) is 12.1. The maximum absolute atomic E-state index is 5.12. The Morgan fingerprint density at radius 2 is 0.789 bits per heavy atom. The fourth-order valence-corrected chi connectivity index (χ4v) is 9.73. The van der Waals surface area contributed by atoms with E-state index in [-0.39, 0.29) is 0 Å². The first kappa shape index (κ1) is 30.6. The lowest BCUT2D eigenvalue weighted by molar-refractivity contribution is 1.08. The molecule has 0 aliphatic rings. The van der Waals surface area contributed by atoms with Gasteiger partial charge in [0.1, 0.15) is 0 Å². The predicted molar refractivity (Wildman–Crippen MR) is 237 cm³/mol. The smallest absolute Gasteiger partial charge is 0.164 e. The van der Waals surface area contributed by atoms with E-state index in [1.807, 2.05) is 36.4 Å². The van der Waals surface area contributed by atoms with Crippen molar-refractivity contribution in [3.05, 3.63) is 182 Å². The molecule has 10 aromatic carbocycles. The second-order valence-corrected chi connectivity index (χ2v) is 15.1. The van der Waals surface area contributed by atoms with Gasteiger partial charge in [-0.2, -0.15) is 0 Å². The molecule has 0 N–H and O–H groups in total. The first-order valence-electron chi connectivity index (χ1n) is 19.5. The van der Waals surface area contributed by atoms with Crippen LogP contribution in [0.1, 0.15) is 0 Å². The number of aromatic nitrogens is 4. The van der Waals surface area contributed by atoms with Crippen LogP contribution in [-0.4, -0.2) is 19.4 Å². The van der Waals surface area contributed by atoms with E-state index in [0.717, 1.165) is 27.5 Å². The van der Waals surface area contributed by atoms with Gasteiger partial charge in [-0.05, 0) is 67.0 Å². The molecule has 0 unspecified atom stereocenters. The van der Waals surface area contributed by atoms with Gasteiger partial charge in [0.25, 0.3) is 0 Å². The predicted octanol–water partition coefficient (Wildman–Crippen LogP) is 13.7. The number of para-hydroxylation sites is 1. The molecular weight excluding hydrogens is 693 g/mol. The average molecular weight is 723 g/mol. The van der Waals surface area contributed by atoms with Crippen LogP contribution >= 0.6 is 0 Å². The summed E-state index contributed by atoms with van der Waals surface area (Å²) >= 11 is 0. The molecule has 0 atom stereocenters. The Labute approximate surface area is 326 Å². The van der Waals surface area contributed by atoms with Gasteiger partial charge in [-0.15, -0.1) is 0 Å². The van der Waals surface area contributed by atoms with Crippen molar-refractivity contribution in [1.29, 1.82) is 0 Å². The molecule has 4 nitrogen and oxygen atoms in total. The lowest BCUT2D eigenvalue weighted by atomic mass is 9.87. The minimum atomic E-state index is 0.652. The van der Waals surface area contributed by atoms with Crippen molar-refractivity contribution in [2.45, 2.75) is 0 Å². The van der Waals surface area contributed by atoms with E-state index in [4.69, 9.17) is 15.0 Å². The van der Waals surface area contributed by atoms with Gasteiger partial charge in [0, 0.05) is 43.6 Å². The highest BCUT2D eigenvalue weighted by Gasteiger charge is 2.25. The first-order valence-corrected chi connectivity index (χ1v) is 19.5. The topological polar surface area (TPSA) is 43.1 Å². The van der Waals surface area contributed by atoms with Gasteiger partial charge >= 0.3 is 0 Å². The Kier molecular flexibility index (Phi) is 6.13. The Morgan fingerprint density at radius 1 is 0.281 bits per heavy atom. The third-order valence-corrected chi connectivity index (χ3v) is 12.1. The van der Waals surface area contributed by atoms with Gasteiger partial charge in [-0.3, -0.25) is 0 Å². The molecule has 0 amide bonds. The number of nitrogens with zero attached hydrogens (tertiary/aromatic N) is 4. The molecule has 57 heavy (non-hydrogen) atoms. The van der Waals surface area contributed by atoms with Gasteiger partial charge in [-0.1, -0.05) is 164 Å². The van der Waals surface area contributed by atoms with Crippen LogP contribution in [-0.2, 0) is 0 Å². The van der Waals surface area contributed by atoms with E-state index in [0.29, 0.717) is 17.5 Å². The summed E-state index contributed by atoms with van der Waals surface area (Å²) in [7, 11) is 0. The molecule has 0 radical (unpaired) electrons. The Morgan fingerprint density at radius 3 is 1.53 bits per heavy atom. The normalized spacial score (nSPS) is 12.2. The van der Waals surface area contributed by atoms with Crippen molar-refractivity contribution in [3.8, 4) is 45.3 Å². The molecule has 13 rings (SSSR count). The van der Waals surface area contributed by atoms with E-state index >= 15 is 0 Å². The highest BCUT2D eigenvalue weighted by atomic mass is 15.0. The minimum Gasteiger partial charge on any atom is -0.308 e. The second kappa shape index (κ2) is 11.4. The standard InChI is InChI=1S/C53H30N4/c1-3-14-31(15-4-1)51-54-52(32-16-5-2-6-17-32)56-53(55-51)43-29-26-37(33-18-7-8-19-34(33)43)35-23-13-24-40-44(35)30-46-49-47(40)39-22-10-9-20-36(39)41-27-28-42-38-21-11-12-25-45(38)57(46)50(42)48(41)49/h1-30H. The number of rotatable bonds is 4. The highest BCUT2D eigenvalue weighted by molar-refractivity contribution is 6.42. The van der Waals surface area contributed by atoms with Crippen molar-refractivity contribution >= 4 is 81.2 Å². The number of fused-ring (bicyclic) bond motifs is 10. The van der Waals surface area contributed by atoms with Gasteiger partial charge in [0.15, 0.2) is 17.5 Å². The molecule has 262 valence electrons. The molecule has 0 aliphatic heterocycles. The van der Waals surface area contributed by atoms with Crippen LogP contribution in [0.15, 0.2) is 182 Å². The van der Waals surface area contributed by atoms with Gasteiger partial charge in [0.05, 0.1) is 16.6 Å². The third kappa shape index (κ3) is 4.19. The number of benzene rings is 10. The molecule has 3 aromatic heterocycles. The average Bonchev–Trinajstić information content (AvgIpc) is 3.81. The molecular formula is C53H30N4. The fourth-order valence-electron chi connectivity index (χ4n) is 9.73. The summed E-state index contributed by atoms with van der Waals surface area (Å²) in [6.45, 7) is 0. The van der Waals surface area contributed by atoms with Crippen LogP contribution in [0, 0.1) is 0 Å². The van der Waals surface area contributed by atoms with E-state index in [2.05, 4.69) is 150 Å². The monoisotopic (exact) mass is 722 g/mol. The SMILES string of the molecule is c1ccc(-c2nc(-c3ccccc3)nc(-c3ccc(-c4cccc5c4cc4c6c5c5ccccc5c5ccc7c8ccccc8n4c7c56)c4ccccc34)n2)cc1. The van der Waals surface area contributed by atoms with E-state index in [1.54, 1.807) is 0 Å². The van der Waals surface area contributed by atoms with Crippen LogP contribution in [0.4, 0.5) is 0 Å². The molecule has 13 aromatic rings. The molecule has 0 saturated carbocycles. The van der Waals surface area contributed by atoms with E-state index in [9.17, 15) is 0 Å². The van der Waals surface area contributed by atoms with E-state index < -0.39 is 0 Å². The second-order valence-electron chi connectivity index (χ2n) is 15.1. The zero-order chi connectivity index (χ0) is 37.2. The summed E-state index contributed by atoms with van der Waals surface area (Å²) in [4.78, 5) is 15.2. The van der Waals surface area contributed by atoms with Crippen LogP contribution in [0.25, 0.3) is 126 Å².